The lowest BCUT2D eigenvalue weighted by Gasteiger charge is -2.20. The van der Waals surface area contributed by atoms with E-state index >= 15 is 0 Å². The SMILES string of the molecule is C/C=C\C=NC(C)=NC(=NC)C(=O)N1C[C@H]2CC(c3ccccc3CC)C[C@H]2C1. The van der Waals surface area contributed by atoms with Crippen molar-refractivity contribution in [1.29, 1.82) is 0 Å². The van der Waals surface area contributed by atoms with Crippen molar-refractivity contribution >= 4 is 23.8 Å². The number of fused-ring (bicyclic) bond motifs is 1. The van der Waals surface area contributed by atoms with Gasteiger partial charge in [0, 0.05) is 26.4 Å². The first-order valence-electron chi connectivity index (χ1n) is 10.6. The molecule has 29 heavy (non-hydrogen) atoms. The van der Waals surface area contributed by atoms with Crippen molar-refractivity contribution in [1.82, 2.24) is 4.90 Å². The van der Waals surface area contributed by atoms with E-state index in [2.05, 4.69) is 46.2 Å². The molecule has 1 saturated heterocycles. The largest absolute Gasteiger partial charge is 0.335 e. The third-order valence-corrected chi connectivity index (χ3v) is 6.12. The summed E-state index contributed by atoms with van der Waals surface area (Å²) in [5, 5.41) is 0. The summed E-state index contributed by atoms with van der Waals surface area (Å²) in [6, 6.07) is 8.83. The predicted molar refractivity (Wildman–Crippen MR) is 121 cm³/mol. The van der Waals surface area contributed by atoms with Gasteiger partial charge in [-0.2, -0.15) is 0 Å². The van der Waals surface area contributed by atoms with E-state index in [0.29, 0.717) is 23.6 Å². The number of allylic oxidation sites excluding steroid dienone is 2. The summed E-state index contributed by atoms with van der Waals surface area (Å²) in [5.41, 5.74) is 2.98. The van der Waals surface area contributed by atoms with Gasteiger partial charge in [-0.15, -0.1) is 0 Å². The Labute approximate surface area is 174 Å². The molecule has 1 unspecified atom stereocenters. The lowest BCUT2D eigenvalue weighted by Crippen LogP contribution is -2.35. The minimum Gasteiger partial charge on any atom is -0.335 e. The lowest BCUT2D eigenvalue weighted by molar-refractivity contribution is -0.123. The maximum atomic E-state index is 12.9. The molecule has 0 spiro atoms. The van der Waals surface area contributed by atoms with Crippen molar-refractivity contribution in [2.24, 2.45) is 26.8 Å². The summed E-state index contributed by atoms with van der Waals surface area (Å²) < 4.78 is 0. The van der Waals surface area contributed by atoms with Crippen LogP contribution in [-0.2, 0) is 11.2 Å². The van der Waals surface area contributed by atoms with Gasteiger partial charge in [0.2, 0.25) is 5.84 Å². The van der Waals surface area contributed by atoms with Crippen LogP contribution >= 0.6 is 0 Å². The van der Waals surface area contributed by atoms with Crippen LogP contribution in [0.1, 0.15) is 50.7 Å². The average Bonchev–Trinajstić information content (AvgIpc) is 3.31. The molecule has 1 aliphatic carbocycles. The van der Waals surface area contributed by atoms with Crippen LogP contribution in [-0.4, -0.2) is 48.8 Å². The van der Waals surface area contributed by atoms with Crippen LogP contribution in [0.25, 0.3) is 0 Å². The van der Waals surface area contributed by atoms with Crippen molar-refractivity contribution in [3.8, 4) is 0 Å². The number of amides is 1. The monoisotopic (exact) mass is 392 g/mol. The van der Waals surface area contributed by atoms with E-state index in [9.17, 15) is 4.79 Å². The topological polar surface area (TPSA) is 57.4 Å². The molecule has 1 aromatic rings. The fourth-order valence-electron chi connectivity index (χ4n) is 4.73. The molecule has 0 aromatic heterocycles. The third-order valence-electron chi connectivity index (χ3n) is 6.12. The van der Waals surface area contributed by atoms with Gasteiger partial charge in [0.05, 0.1) is 0 Å². The van der Waals surface area contributed by atoms with Gasteiger partial charge in [-0.3, -0.25) is 9.79 Å². The van der Waals surface area contributed by atoms with Gasteiger partial charge in [0.1, 0.15) is 5.84 Å². The summed E-state index contributed by atoms with van der Waals surface area (Å²) in [4.78, 5) is 27.6. The van der Waals surface area contributed by atoms with Gasteiger partial charge in [0.25, 0.3) is 5.91 Å². The lowest BCUT2D eigenvalue weighted by atomic mass is 9.90. The highest BCUT2D eigenvalue weighted by Gasteiger charge is 2.43. The number of nitrogens with zero attached hydrogens (tertiary/aromatic N) is 4. The molecular weight excluding hydrogens is 360 g/mol. The highest BCUT2D eigenvalue weighted by Crippen LogP contribution is 2.47. The Morgan fingerprint density at radius 3 is 2.52 bits per heavy atom. The van der Waals surface area contributed by atoms with Crippen molar-refractivity contribution in [3.63, 3.8) is 0 Å². The van der Waals surface area contributed by atoms with Gasteiger partial charge in [-0.1, -0.05) is 37.3 Å². The van der Waals surface area contributed by atoms with E-state index < -0.39 is 0 Å². The van der Waals surface area contributed by atoms with Crippen LogP contribution in [0.5, 0.6) is 0 Å². The van der Waals surface area contributed by atoms with Gasteiger partial charge in [-0.25, -0.2) is 9.98 Å². The molecule has 1 amide bonds. The molecule has 0 radical (unpaired) electrons. The molecule has 0 bridgehead atoms. The zero-order chi connectivity index (χ0) is 20.8. The number of rotatable bonds is 3. The summed E-state index contributed by atoms with van der Waals surface area (Å²) >= 11 is 0. The molecular formula is C24H32N4O. The molecule has 1 saturated carbocycles. The van der Waals surface area contributed by atoms with E-state index in [1.165, 1.54) is 24.0 Å². The second kappa shape index (κ2) is 9.77. The van der Waals surface area contributed by atoms with E-state index in [4.69, 9.17) is 0 Å². The first kappa shape index (κ1) is 21.2. The van der Waals surface area contributed by atoms with E-state index in [1.54, 1.807) is 20.2 Å². The Balaban J connectivity index is 1.63. The number of aryl methyl sites for hydroxylation is 1. The van der Waals surface area contributed by atoms with Crippen LogP contribution in [0.2, 0.25) is 0 Å². The van der Waals surface area contributed by atoms with Crippen LogP contribution in [0.4, 0.5) is 0 Å². The second-order valence-electron chi connectivity index (χ2n) is 7.96. The second-order valence-corrected chi connectivity index (χ2v) is 7.96. The number of hydrogen-bond acceptors (Lipinski definition) is 2. The molecule has 1 heterocycles. The normalized spacial score (nSPS) is 25.4. The number of carbonyl (C=O) groups excluding carboxylic acids is 1. The van der Waals surface area contributed by atoms with Gasteiger partial charge in [-0.05, 0) is 68.1 Å². The molecule has 3 rings (SSSR count). The average molecular weight is 393 g/mol. The Morgan fingerprint density at radius 1 is 1.21 bits per heavy atom. The number of benzene rings is 1. The van der Waals surface area contributed by atoms with Crippen LogP contribution in [0.3, 0.4) is 0 Å². The zero-order valence-corrected chi connectivity index (χ0v) is 18.0. The van der Waals surface area contributed by atoms with Crippen molar-refractivity contribution in [3.05, 3.63) is 47.5 Å². The summed E-state index contributed by atoms with van der Waals surface area (Å²) in [7, 11) is 1.62. The quantitative estimate of drug-likeness (QED) is 0.559. The van der Waals surface area contributed by atoms with Crippen LogP contribution in [0, 0.1) is 11.8 Å². The molecule has 2 fully saturated rings. The fourth-order valence-corrected chi connectivity index (χ4v) is 4.73. The Kier molecular flexibility index (Phi) is 7.13. The molecule has 0 N–H and O–H groups in total. The maximum absolute atomic E-state index is 12.9. The highest BCUT2D eigenvalue weighted by atomic mass is 16.2. The molecule has 154 valence electrons. The predicted octanol–water partition coefficient (Wildman–Crippen LogP) is 4.29. The molecule has 3 atom stereocenters. The van der Waals surface area contributed by atoms with Gasteiger partial charge in [0.15, 0.2) is 0 Å². The standard InChI is InChI=1S/C24H32N4O/c1-5-7-12-26-17(3)27-23(25-4)24(29)28-15-20-13-19(14-21(20)16-28)22-11-9-8-10-18(22)6-2/h5,7-12,19-21H,6,13-16H2,1-4H3/b7-5-,25-23?,26-12?,27-17?/t19?,20-,21+. The van der Waals surface area contributed by atoms with E-state index in [1.807, 2.05) is 24.0 Å². The first-order valence-corrected chi connectivity index (χ1v) is 10.6. The minimum absolute atomic E-state index is 0.0759. The van der Waals surface area contributed by atoms with Crippen molar-refractivity contribution < 1.29 is 4.79 Å². The number of carbonyl (C=O) groups is 1. The van der Waals surface area contributed by atoms with E-state index in [-0.39, 0.29) is 11.7 Å². The molecule has 5 nitrogen and oxygen atoms in total. The highest BCUT2D eigenvalue weighted by molar-refractivity contribution is 6.39. The number of hydrogen-bond donors (Lipinski definition) is 0. The maximum Gasteiger partial charge on any atom is 0.291 e. The number of amidine groups is 2. The Bertz CT molecular complexity index is 838. The van der Waals surface area contributed by atoms with Gasteiger partial charge < -0.3 is 4.90 Å². The van der Waals surface area contributed by atoms with Crippen LogP contribution in [0.15, 0.2) is 51.4 Å². The van der Waals surface area contributed by atoms with Crippen LogP contribution < -0.4 is 0 Å². The first-order chi connectivity index (χ1) is 14.1. The summed E-state index contributed by atoms with van der Waals surface area (Å²) in [6.07, 6.45) is 8.81. The molecule has 5 heteroatoms. The smallest absolute Gasteiger partial charge is 0.291 e. The third kappa shape index (κ3) is 4.89. The molecule has 1 aliphatic heterocycles. The van der Waals surface area contributed by atoms with E-state index in [0.717, 1.165) is 19.5 Å². The molecule has 2 aliphatic rings. The Hall–Kier alpha value is -2.56. The number of aliphatic imine (C=N–C) groups is 3. The molecule has 1 aromatic carbocycles. The number of likely N-dealkylation sites (tertiary alicyclic amines) is 1. The summed E-state index contributed by atoms with van der Waals surface area (Å²) in [5.74, 6) is 2.47. The van der Waals surface area contributed by atoms with Crippen molar-refractivity contribution in [2.75, 3.05) is 20.1 Å². The van der Waals surface area contributed by atoms with Crippen molar-refractivity contribution in [2.45, 2.75) is 46.0 Å². The van der Waals surface area contributed by atoms with Gasteiger partial charge >= 0.3 is 0 Å². The summed E-state index contributed by atoms with van der Waals surface area (Å²) in [6.45, 7) is 7.56. The minimum atomic E-state index is -0.0759. The fraction of sp³-hybridized carbons (Fsp3) is 0.500. The zero-order valence-electron chi connectivity index (χ0n) is 18.0. The Morgan fingerprint density at radius 2 is 1.90 bits per heavy atom.